The zero-order valence-electron chi connectivity index (χ0n) is 15.8. The molecule has 1 atom stereocenters. The molecule has 1 aliphatic rings. The minimum Gasteiger partial charge on any atom is -0.468 e. The number of unbranched alkanes of at least 4 members (excludes halogenated alkanes) is 1. The Balaban J connectivity index is 1.85. The first-order valence-corrected chi connectivity index (χ1v) is 9.72. The molecule has 1 aromatic heterocycles. The van der Waals surface area contributed by atoms with Gasteiger partial charge < -0.3 is 19.8 Å². The standard InChI is InChI=1S/C19H34N4O2/c1-3-5-13-24-15-10-21-19(20-4-2)22-16-17(18-9-8-14-25-18)23-11-6-7-12-23/h8-9,14,17H,3-7,10-13,15-16H2,1-2H3,(H2,20,21,22). The van der Waals surface area contributed by atoms with Crippen LogP contribution in [0.3, 0.4) is 0 Å². The molecule has 2 N–H and O–H groups in total. The van der Waals surface area contributed by atoms with Crippen LogP contribution < -0.4 is 10.6 Å². The van der Waals surface area contributed by atoms with E-state index in [0.717, 1.165) is 50.9 Å². The molecule has 0 radical (unpaired) electrons. The van der Waals surface area contributed by atoms with Gasteiger partial charge in [0.25, 0.3) is 0 Å². The lowest BCUT2D eigenvalue weighted by molar-refractivity contribution is 0.136. The molecule has 0 amide bonds. The second-order valence-electron chi connectivity index (χ2n) is 6.39. The van der Waals surface area contributed by atoms with Crippen molar-refractivity contribution in [1.82, 2.24) is 15.5 Å². The molecule has 25 heavy (non-hydrogen) atoms. The number of hydrogen-bond donors (Lipinski definition) is 2. The number of aliphatic imine (C=N–C) groups is 1. The van der Waals surface area contributed by atoms with Crippen LogP contribution in [0.1, 0.15) is 51.3 Å². The van der Waals surface area contributed by atoms with E-state index in [1.54, 1.807) is 6.26 Å². The van der Waals surface area contributed by atoms with Gasteiger partial charge in [0.1, 0.15) is 5.76 Å². The highest BCUT2D eigenvalue weighted by atomic mass is 16.5. The van der Waals surface area contributed by atoms with Gasteiger partial charge in [0.05, 0.1) is 25.5 Å². The van der Waals surface area contributed by atoms with Crippen molar-refractivity contribution >= 4 is 5.96 Å². The lowest BCUT2D eigenvalue weighted by Gasteiger charge is -2.24. The van der Waals surface area contributed by atoms with Gasteiger partial charge in [-0.3, -0.25) is 9.89 Å². The number of ether oxygens (including phenoxy) is 1. The predicted octanol–water partition coefficient (Wildman–Crippen LogP) is 2.79. The molecule has 1 aromatic rings. The van der Waals surface area contributed by atoms with E-state index in [4.69, 9.17) is 14.1 Å². The zero-order valence-corrected chi connectivity index (χ0v) is 15.8. The third kappa shape index (κ3) is 7.08. The van der Waals surface area contributed by atoms with Crippen LogP contribution in [0.5, 0.6) is 0 Å². The molecule has 1 aliphatic heterocycles. The third-order valence-electron chi connectivity index (χ3n) is 4.40. The van der Waals surface area contributed by atoms with Gasteiger partial charge in [0.2, 0.25) is 0 Å². The Morgan fingerprint density at radius 3 is 2.80 bits per heavy atom. The normalized spacial score (nSPS) is 17.0. The smallest absolute Gasteiger partial charge is 0.191 e. The second-order valence-corrected chi connectivity index (χ2v) is 6.39. The van der Waals surface area contributed by atoms with E-state index in [1.807, 2.05) is 6.07 Å². The van der Waals surface area contributed by atoms with Gasteiger partial charge in [-0.2, -0.15) is 0 Å². The topological polar surface area (TPSA) is 62.0 Å². The van der Waals surface area contributed by atoms with Crippen LogP contribution in [-0.4, -0.2) is 56.8 Å². The quantitative estimate of drug-likeness (QED) is 0.365. The maximum atomic E-state index is 5.66. The molecule has 0 saturated carbocycles. The Labute approximate surface area is 152 Å². The van der Waals surface area contributed by atoms with Crippen LogP contribution in [0, 0.1) is 0 Å². The molecule has 2 rings (SSSR count). The van der Waals surface area contributed by atoms with Gasteiger partial charge in [-0.25, -0.2) is 0 Å². The molecule has 1 unspecified atom stereocenters. The molecular weight excluding hydrogens is 316 g/mol. The molecule has 6 heteroatoms. The Bertz CT molecular complexity index is 470. The van der Waals surface area contributed by atoms with E-state index in [-0.39, 0.29) is 6.04 Å². The SMILES string of the molecule is CCCCOCCNC(=NCC(c1ccco1)N1CCCC1)NCC. The molecule has 0 spiro atoms. The van der Waals surface area contributed by atoms with Gasteiger partial charge in [-0.05, 0) is 51.4 Å². The van der Waals surface area contributed by atoms with E-state index < -0.39 is 0 Å². The summed E-state index contributed by atoms with van der Waals surface area (Å²) in [6.45, 7) is 10.3. The van der Waals surface area contributed by atoms with Gasteiger partial charge in [0.15, 0.2) is 5.96 Å². The fraction of sp³-hybridized carbons (Fsp3) is 0.737. The summed E-state index contributed by atoms with van der Waals surface area (Å²) in [6.07, 6.45) is 6.55. The van der Waals surface area contributed by atoms with Crippen molar-refractivity contribution in [2.75, 3.05) is 45.9 Å². The fourth-order valence-electron chi connectivity index (χ4n) is 3.03. The lowest BCUT2D eigenvalue weighted by atomic mass is 10.2. The van der Waals surface area contributed by atoms with Crippen LogP contribution in [0.25, 0.3) is 0 Å². The Kier molecular flexibility index (Phi) is 9.44. The predicted molar refractivity (Wildman–Crippen MR) is 102 cm³/mol. The number of nitrogens with zero attached hydrogens (tertiary/aromatic N) is 2. The number of rotatable bonds is 11. The van der Waals surface area contributed by atoms with Crippen molar-refractivity contribution in [1.29, 1.82) is 0 Å². The molecule has 0 aromatic carbocycles. The van der Waals surface area contributed by atoms with E-state index in [1.165, 1.54) is 19.3 Å². The molecule has 1 fully saturated rings. The summed E-state index contributed by atoms with van der Waals surface area (Å²) < 4.78 is 11.3. The van der Waals surface area contributed by atoms with Crippen molar-refractivity contribution in [2.45, 2.75) is 45.6 Å². The second kappa shape index (κ2) is 11.9. The summed E-state index contributed by atoms with van der Waals surface area (Å²) in [6, 6.07) is 4.23. The van der Waals surface area contributed by atoms with Gasteiger partial charge in [-0.15, -0.1) is 0 Å². The van der Waals surface area contributed by atoms with Crippen molar-refractivity contribution in [2.24, 2.45) is 4.99 Å². The number of likely N-dealkylation sites (tertiary alicyclic amines) is 1. The number of furan rings is 1. The minimum absolute atomic E-state index is 0.216. The van der Waals surface area contributed by atoms with Crippen LogP contribution in [-0.2, 0) is 4.74 Å². The van der Waals surface area contributed by atoms with Crippen LogP contribution in [0.2, 0.25) is 0 Å². The van der Waals surface area contributed by atoms with E-state index in [9.17, 15) is 0 Å². The molecule has 142 valence electrons. The van der Waals surface area contributed by atoms with E-state index in [2.05, 4.69) is 35.4 Å². The van der Waals surface area contributed by atoms with Crippen molar-refractivity contribution < 1.29 is 9.15 Å². The van der Waals surface area contributed by atoms with E-state index in [0.29, 0.717) is 13.2 Å². The van der Waals surface area contributed by atoms with Crippen molar-refractivity contribution in [3.63, 3.8) is 0 Å². The summed E-state index contributed by atoms with van der Waals surface area (Å²) in [5.41, 5.74) is 0. The Hall–Kier alpha value is -1.53. The summed E-state index contributed by atoms with van der Waals surface area (Å²) in [7, 11) is 0. The number of hydrogen-bond acceptors (Lipinski definition) is 4. The van der Waals surface area contributed by atoms with Gasteiger partial charge >= 0.3 is 0 Å². The first-order chi connectivity index (χ1) is 12.3. The highest BCUT2D eigenvalue weighted by Crippen LogP contribution is 2.25. The fourth-order valence-corrected chi connectivity index (χ4v) is 3.03. The van der Waals surface area contributed by atoms with Crippen LogP contribution in [0.15, 0.2) is 27.8 Å². The van der Waals surface area contributed by atoms with Gasteiger partial charge in [0, 0.05) is 19.7 Å². The average molecular weight is 351 g/mol. The largest absolute Gasteiger partial charge is 0.468 e. The van der Waals surface area contributed by atoms with Crippen molar-refractivity contribution in [3.8, 4) is 0 Å². The summed E-state index contributed by atoms with van der Waals surface area (Å²) in [4.78, 5) is 7.26. The Morgan fingerprint density at radius 1 is 1.28 bits per heavy atom. The lowest BCUT2D eigenvalue weighted by Crippen LogP contribution is -2.40. The molecule has 1 saturated heterocycles. The molecule has 0 aliphatic carbocycles. The highest BCUT2D eigenvalue weighted by Gasteiger charge is 2.25. The summed E-state index contributed by atoms with van der Waals surface area (Å²) in [5.74, 6) is 1.85. The summed E-state index contributed by atoms with van der Waals surface area (Å²) in [5, 5.41) is 6.66. The maximum absolute atomic E-state index is 5.66. The summed E-state index contributed by atoms with van der Waals surface area (Å²) >= 11 is 0. The first-order valence-electron chi connectivity index (χ1n) is 9.72. The molecular formula is C19H34N4O2. The Morgan fingerprint density at radius 2 is 2.12 bits per heavy atom. The maximum Gasteiger partial charge on any atom is 0.191 e. The van der Waals surface area contributed by atoms with Crippen LogP contribution in [0.4, 0.5) is 0 Å². The van der Waals surface area contributed by atoms with Gasteiger partial charge in [-0.1, -0.05) is 13.3 Å². The van der Waals surface area contributed by atoms with Crippen molar-refractivity contribution in [3.05, 3.63) is 24.2 Å². The number of guanidine groups is 1. The van der Waals surface area contributed by atoms with E-state index >= 15 is 0 Å². The average Bonchev–Trinajstić information content (AvgIpc) is 3.32. The monoisotopic (exact) mass is 350 g/mol. The third-order valence-corrected chi connectivity index (χ3v) is 4.40. The minimum atomic E-state index is 0.216. The first kappa shape index (κ1) is 19.8. The highest BCUT2D eigenvalue weighted by molar-refractivity contribution is 5.79. The zero-order chi connectivity index (χ0) is 17.7. The molecule has 6 nitrogen and oxygen atoms in total. The number of nitrogens with one attached hydrogen (secondary N) is 2. The van der Waals surface area contributed by atoms with Crippen LogP contribution >= 0.6 is 0 Å². The molecule has 2 heterocycles. The molecule has 0 bridgehead atoms.